The summed E-state index contributed by atoms with van der Waals surface area (Å²) in [5.74, 6) is -1.54. The molecule has 138 valence electrons. The average molecular weight is 433 g/mol. The predicted molar refractivity (Wildman–Crippen MR) is 102 cm³/mol. The maximum absolute atomic E-state index is 14.4. The van der Waals surface area contributed by atoms with Crippen molar-refractivity contribution in [3.63, 3.8) is 0 Å². The largest absolute Gasteiger partial charge is 0.497 e. The van der Waals surface area contributed by atoms with Crippen molar-refractivity contribution in [1.82, 2.24) is 4.98 Å². The highest BCUT2D eigenvalue weighted by Gasteiger charge is 2.24. The minimum absolute atomic E-state index is 0.0197. The molecule has 1 amide bonds. The van der Waals surface area contributed by atoms with E-state index in [9.17, 15) is 13.6 Å². The lowest BCUT2D eigenvalue weighted by atomic mass is 10.1. The molecule has 0 N–H and O–H groups in total. The first-order valence-electron chi connectivity index (χ1n) is 8.00. The van der Waals surface area contributed by atoms with Gasteiger partial charge in [0.05, 0.1) is 30.6 Å². The first-order valence-corrected chi connectivity index (χ1v) is 8.79. The molecule has 0 unspecified atom stereocenters. The molecule has 0 fully saturated rings. The normalized spacial score (nSPS) is 10.5. The first-order chi connectivity index (χ1) is 13.0. The first kappa shape index (κ1) is 19.0. The third-order valence-corrected chi connectivity index (χ3v) is 4.59. The molecule has 0 bridgehead atoms. The lowest BCUT2D eigenvalue weighted by Gasteiger charge is -2.24. The fourth-order valence-electron chi connectivity index (χ4n) is 2.56. The summed E-state index contributed by atoms with van der Waals surface area (Å²) in [5, 5.41) is 0. The van der Waals surface area contributed by atoms with Gasteiger partial charge in [-0.1, -0.05) is 6.07 Å². The molecule has 2 aromatic carbocycles. The van der Waals surface area contributed by atoms with E-state index in [2.05, 4.69) is 20.9 Å². The number of anilines is 1. The van der Waals surface area contributed by atoms with E-state index < -0.39 is 17.5 Å². The van der Waals surface area contributed by atoms with E-state index in [1.165, 1.54) is 18.1 Å². The second-order valence-electron chi connectivity index (χ2n) is 5.65. The lowest BCUT2D eigenvalue weighted by Crippen LogP contribution is -2.32. The molecule has 27 heavy (non-hydrogen) atoms. The summed E-state index contributed by atoms with van der Waals surface area (Å²) in [6.45, 7) is 0.0197. The van der Waals surface area contributed by atoms with Gasteiger partial charge in [-0.2, -0.15) is 0 Å². The zero-order chi connectivity index (χ0) is 19.4. The van der Waals surface area contributed by atoms with Gasteiger partial charge in [0.1, 0.15) is 17.4 Å². The Bertz CT molecular complexity index is 967. The number of halogens is 3. The SMILES string of the molecule is COc1ccc(Br)c(C(=O)N(Cc2ccccn2)c2ccc(F)cc2F)c1. The average Bonchev–Trinajstić information content (AvgIpc) is 2.67. The van der Waals surface area contributed by atoms with Crippen LogP contribution in [0.2, 0.25) is 0 Å². The zero-order valence-electron chi connectivity index (χ0n) is 14.3. The number of benzene rings is 2. The van der Waals surface area contributed by atoms with Gasteiger partial charge in [0.25, 0.3) is 5.91 Å². The van der Waals surface area contributed by atoms with Crippen LogP contribution >= 0.6 is 15.9 Å². The Morgan fingerprint density at radius 1 is 1.15 bits per heavy atom. The Morgan fingerprint density at radius 3 is 2.63 bits per heavy atom. The third kappa shape index (κ3) is 4.31. The minimum Gasteiger partial charge on any atom is -0.497 e. The topological polar surface area (TPSA) is 42.4 Å². The van der Waals surface area contributed by atoms with E-state index >= 15 is 0 Å². The molecule has 3 rings (SSSR count). The van der Waals surface area contributed by atoms with Gasteiger partial charge in [-0.25, -0.2) is 8.78 Å². The number of amides is 1. The van der Waals surface area contributed by atoms with Crippen LogP contribution in [0.15, 0.2) is 65.3 Å². The van der Waals surface area contributed by atoms with Gasteiger partial charge in [-0.05, 0) is 58.4 Å². The highest BCUT2D eigenvalue weighted by atomic mass is 79.9. The number of aromatic nitrogens is 1. The van der Waals surface area contributed by atoms with Crippen molar-refractivity contribution in [3.8, 4) is 5.75 Å². The predicted octanol–water partition coefficient (Wildman–Crippen LogP) is 4.98. The molecule has 0 aliphatic carbocycles. The minimum atomic E-state index is -0.835. The number of hydrogen-bond acceptors (Lipinski definition) is 3. The molecular formula is C20H15BrF2N2O2. The van der Waals surface area contributed by atoms with Crippen molar-refractivity contribution in [2.24, 2.45) is 0 Å². The van der Waals surface area contributed by atoms with Crippen molar-refractivity contribution in [1.29, 1.82) is 0 Å². The molecule has 4 nitrogen and oxygen atoms in total. The van der Waals surface area contributed by atoms with Gasteiger partial charge >= 0.3 is 0 Å². The van der Waals surface area contributed by atoms with Crippen LogP contribution in [0, 0.1) is 11.6 Å². The van der Waals surface area contributed by atoms with Crippen LogP contribution in [0.3, 0.4) is 0 Å². The lowest BCUT2D eigenvalue weighted by molar-refractivity contribution is 0.0982. The molecule has 0 spiro atoms. The number of methoxy groups -OCH3 is 1. The van der Waals surface area contributed by atoms with Crippen molar-refractivity contribution < 1.29 is 18.3 Å². The highest BCUT2D eigenvalue weighted by molar-refractivity contribution is 9.10. The van der Waals surface area contributed by atoms with Crippen molar-refractivity contribution >= 4 is 27.5 Å². The number of pyridine rings is 1. The second-order valence-corrected chi connectivity index (χ2v) is 6.51. The number of nitrogens with zero attached hydrogens (tertiary/aromatic N) is 2. The van der Waals surface area contributed by atoms with E-state index in [0.717, 1.165) is 12.1 Å². The van der Waals surface area contributed by atoms with Crippen molar-refractivity contribution in [2.45, 2.75) is 6.54 Å². The molecule has 0 atom stereocenters. The molecule has 1 heterocycles. The van der Waals surface area contributed by atoms with Gasteiger partial charge in [0, 0.05) is 16.7 Å². The Hall–Kier alpha value is -2.80. The standard InChI is InChI=1S/C20H15BrF2N2O2/c1-27-15-6-7-17(21)16(11-15)20(26)25(12-14-4-2-3-9-24-14)19-8-5-13(22)10-18(19)23/h2-11H,12H2,1H3. The fourth-order valence-corrected chi connectivity index (χ4v) is 2.98. The van der Waals surface area contributed by atoms with Crippen LogP contribution in [-0.4, -0.2) is 18.0 Å². The van der Waals surface area contributed by atoms with Crippen LogP contribution in [0.5, 0.6) is 5.75 Å². The summed E-state index contributed by atoms with van der Waals surface area (Å²) in [6, 6.07) is 13.3. The maximum atomic E-state index is 14.4. The number of carbonyl (C=O) groups excluding carboxylic acids is 1. The Morgan fingerprint density at radius 2 is 1.96 bits per heavy atom. The summed E-state index contributed by atoms with van der Waals surface area (Å²) < 4.78 is 33.5. The summed E-state index contributed by atoms with van der Waals surface area (Å²) in [4.78, 5) is 18.6. The molecule has 1 aromatic heterocycles. The van der Waals surface area contributed by atoms with Crippen LogP contribution < -0.4 is 9.64 Å². The number of ether oxygens (including phenoxy) is 1. The fraction of sp³-hybridized carbons (Fsp3) is 0.100. The maximum Gasteiger partial charge on any atom is 0.260 e. The van der Waals surface area contributed by atoms with Crippen LogP contribution in [0.25, 0.3) is 0 Å². The van der Waals surface area contributed by atoms with E-state index in [4.69, 9.17) is 4.74 Å². The molecule has 7 heteroatoms. The van der Waals surface area contributed by atoms with E-state index in [1.54, 1.807) is 42.6 Å². The zero-order valence-corrected chi connectivity index (χ0v) is 15.9. The van der Waals surface area contributed by atoms with Crippen molar-refractivity contribution in [2.75, 3.05) is 12.0 Å². The van der Waals surface area contributed by atoms with Gasteiger partial charge < -0.3 is 4.74 Å². The summed E-state index contributed by atoms with van der Waals surface area (Å²) in [7, 11) is 1.49. The van der Waals surface area contributed by atoms with E-state index in [0.29, 0.717) is 15.9 Å². The summed E-state index contributed by atoms with van der Waals surface area (Å²) in [6.07, 6.45) is 1.58. The van der Waals surface area contributed by atoms with Crippen molar-refractivity contribution in [3.05, 3.63) is 88.2 Å². The second kappa shape index (κ2) is 8.26. The number of rotatable bonds is 5. The summed E-state index contributed by atoms with van der Waals surface area (Å²) in [5.41, 5.74) is 0.810. The Labute approximate surface area is 163 Å². The molecule has 0 radical (unpaired) electrons. The van der Waals surface area contributed by atoms with Gasteiger partial charge in [-0.3, -0.25) is 14.7 Å². The molecule has 0 aliphatic rings. The molecule has 0 aliphatic heterocycles. The Balaban J connectivity index is 2.07. The molecule has 0 saturated carbocycles. The number of carbonyl (C=O) groups is 1. The van der Waals surface area contributed by atoms with Gasteiger partial charge in [0.2, 0.25) is 0 Å². The monoisotopic (exact) mass is 432 g/mol. The summed E-state index contributed by atoms with van der Waals surface area (Å²) >= 11 is 3.34. The number of hydrogen-bond donors (Lipinski definition) is 0. The molecule has 0 saturated heterocycles. The van der Waals surface area contributed by atoms with E-state index in [1.807, 2.05) is 0 Å². The van der Waals surface area contributed by atoms with Crippen LogP contribution in [0.1, 0.15) is 16.1 Å². The smallest absolute Gasteiger partial charge is 0.260 e. The quantitative estimate of drug-likeness (QED) is 0.570. The van der Waals surface area contributed by atoms with Gasteiger partial charge in [0.15, 0.2) is 0 Å². The molecular weight excluding hydrogens is 418 g/mol. The van der Waals surface area contributed by atoms with Crippen LogP contribution in [0.4, 0.5) is 14.5 Å². The highest BCUT2D eigenvalue weighted by Crippen LogP contribution is 2.28. The molecule has 3 aromatic rings. The Kier molecular flexibility index (Phi) is 5.81. The third-order valence-electron chi connectivity index (χ3n) is 3.90. The van der Waals surface area contributed by atoms with Crippen LogP contribution in [-0.2, 0) is 6.54 Å². The van der Waals surface area contributed by atoms with Gasteiger partial charge in [-0.15, -0.1) is 0 Å². The van der Waals surface area contributed by atoms with E-state index in [-0.39, 0.29) is 17.8 Å².